The summed E-state index contributed by atoms with van der Waals surface area (Å²) in [6.07, 6.45) is 8.01. The maximum absolute atomic E-state index is 12.6. The van der Waals surface area contributed by atoms with Crippen molar-refractivity contribution in [1.82, 2.24) is 10.2 Å². The number of hydrogen-bond acceptors (Lipinski definition) is 4. The molecule has 1 heterocycles. The van der Waals surface area contributed by atoms with Gasteiger partial charge >= 0.3 is 0 Å². The molecule has 2 fully saturated rings. The van der Waals surface area contributed by atoms with Gasteiger partial charge in [0.25, 0.3) is 0 Å². The zero-order chi connectivity index (χ0) is 16.4. The summed E-state index contributed by atoms with van der Waals surface area (Å²) in [6, 6.07) is 1.19. The van der Waals surface area contributed by atoms with Gasteiger partial charge in [-0.25, -0.2) is 4.21 Å². The van der Waals surface area contributed by atoms with Crippen molar-refractivity contribution in [3.8, 4) is 0 Å². The van der Waals surface area contributed by atoms with E-state index in [1.807, 2.05) is 13.0 Å². The number of amides is 1. The van der Waals surface area contributed by atoms with E-state index in [0.29, 0.717) is 34.3 Å². The fourth-order valence-electron chi connectivity index (χ4n) is 3.59. The fourth-order valence-corrected chi connectivity index (χ4v) is 4.13. The smallest absolute Gasteiger partial charge is 0.250 e. The SMILES string of the molecule is COC1C(C(=O)NCC2CCCN2C2CC2)=CC(C)=CC1=S=O. The van der Waals surface area contributed by atoms with Gasteiger partial charge in [0.05, 0.1) is 21.7 Å². The zero-order valence-corrected chi connectivity index (χ0v) is 14.5. The molecule has 1 N–H and O–H groups in total. The molecule has 6 heteroatoms. The van der Waals surface area contributed by atoms with Crippen LogP contribution in [0.2, 0.25) is 0 Å². The minimum atomic E-state index is -0.552. The van der Waals surface area contributed by atoms with Gasteiger partial charge in [-0.3, -0.25) is 9.69 Å². The monoisotopic (exact) mass is 336 g/mol. The van der Waals surface area contributed by atoms with Gasteiger partial charge in [0.1, 0.15) is 6.10 Å². The van der Waals surface area contributed by atoms with Crippen LogP contribution in [-0.4, -0.2) is 58.3 Å². The van der Waals surface area contributed by atoms with E-state index in [4.69, 9.17) is 4.74 Å². The van der Waals surface area contributed by atoms with E-state index in [2.05, 4.69) is 10.2 Å². The number of methoxy groups -OCH3 is 1. The number of allylic oxidation sites excluding steroid dienone is 2. The van der Waals surface area contributed by atoms with Gasteiger partial charge in [-0.05, 0) is 56.9 Å². The lowest BCUT2D eigenvalue weighted by Crippen LogP contribution is -2.43. The Balaban J connectivity index is 1.65. The number of ether oxygens (including phenoxy) is 1. The largest absolute Gasteiger partial charge is 0.371 e. The van der Waals surface area contributed by atoms with Crippen LogP contribution in [-0.2, 0) is 20.8 Å². The molecule has 3 aliphatic rings. The van der Waals surface area contributed by atoms with Crippen LogP contribution in [0.5, 0.6) is 0 Å². The van der Waals surface area contributed by atoms with Crippen molar-refractivity contribution in [1.29, 1.82) is 0 Å². The molecule has 0 aromatic heterocycles. The summed E-state index contributed by atoms with van der Waals surface area (Å²) in [6.45, 7) is 3.72. The maximum atomic E-state index is 12.6. The summed E-state index contributed by atoms with van der Waals surface area (Å²) < 4.78 is 16.6. The predicted octanol–water partition coefficient (Wildman–Crippen LogP) is 1.02. The first kappa shape index (κ1) is 16.6. The van der Waals surface area contributed by atoms with E-state index in [-0.39, 0.29) is 5.91 Å². The molecular formula is C17H24N2O3S. The Labute approximate surface area is 140 Å². The van der Waals surface area contributed by atoms with E-state index in [9.17, 15) is 9.00 Å². The minimum absolute atomic E-state index is 0.126. The number of carbonyl (C=O) groups is 1. The van der Waals surface area contributed by atoms with Crippen molar-refractivity contribution in [3.05, 3.63) is 23.3 Å². The first-order valence-electron chi connectivity index (χ1n) is 8.27. The molecule has 126 valence electrons. The molecule has 0 aromatic carbocycles. The lowest BCUT2D eigenvalue weighted by atomic mass is 9.96. The van der Waals surface area contributed by atoms with E-state index in [1.54, 1.807) is 6.08 Å². The van der Waals surface area contributed by atoms with Gasteiger partial charge in [-0.2, -0.15) is 0 Å². The van der Waals surface area contributed by atoms with Crippen LogP contribution in [0.15, 0.2) is 23.3 Å². The molecule has 2 unspecified atom stereocenters. The summed E-state index contributed by atoms with van der Waals surface area (Å²) >= 11 is 0.396. The lowest BCUT2D eigenvalue weighted by molar-refractivity contribution is -0.118. The van der Waals surface area contributed by atoms with Crippen LogP contribution < -0.4 is 5.32 Å². The highest BCUT2D eigenvalue weighted by atomic mass is 32.1. The van der Waals surface area contributed by atoms with Gasteiger partial charge < -0.3 is 10.1 Å². The lowest BCUT2D eigenvalue weighted by Gasteiger charge is -2.26. The van der Waals surface area contributed by atoms with E-state index >= 15 is 0 Å². The molecule has 1 amide bonds. The first-order valence-corrected chi connectivity index (χ1v) is 9.01. The number of nitrogens with zero attached hydrogens (tertiary/aromatic N) is 1. The van der Waals surface area contributed by atoms with Crippen LogP contribution in [0, 0.1) is 0 Å². The number of nitrogens with one attached hydrogen (secondary N) is 1. The van der Waals surface area contributed by atoms with Crippen LogP contribution >= 0.6 is 0 Å². The molecule has 3 rings (SSSR count). The Hall–Kier alpha value is -1.24. The van der Waals surface area contributed by atoms with Gasteiger partial charge in [-0.15, -0.1) is 0 Å². The second-order valence-electron chi connectivity index (χ2n) is 6.56. The maximum Gasteiger partial charge on any atom is 0.250 e. The third-order valence-electron chi connectivity index (χ3n) is 4.82. The highest BCUT2D eigenvalue weighted by Gasteiger charge is 2.37. The van der Waals surface area contributed by atoms with Gasteiger partial charge in [0.15, 0.2) is 0 Å². The molecule has 5 nitrogen and oxygen atoms in total. The van der Waals surface area contributed by atoms with Gasteiger partial charge in [0.2, 0.25) is 5.91 Å². The second-order valence-corrected chi connectivity index (χ2v) is 7.20. The molecule has 1 saturated carbocycles. The van der Waals surface area contributed by atoms with Gasteiger partial charge in [0, 0.05) is 25.7 Å². The zero-order valence-electron chi connectivity index (χ0n) is 13.7. The number of hydrogen-bond donors (Lipinski definition) is 1. The van der Waals surface area contributed by atoms with Crippen LogP contribution in [0.4, 0.5) is 0 Å². The molecule has 0 spiro atoms. The highest BCUT2D eigenvalue weighted by Crippen LogP contribution is 2.33. The van der Waals surface area contributed by atoms with E-state index in [1.165, 1.54) is 26.4 Å². The van der Waals surface area contributed by atoms with Crippen LogP contribution in [0.25, 0.3) is 0 Å². The Morgan fingerprint density at radius 3 is 2.83 bits per heavy atom. The Kier molecular flexibility index (Phi) is 5.14. The predicted molar refractivity (Wildman–Crippen MR) is 91.5 cm³/mol. The number of rotatable bonds is 5. The molecule has 0 aromatic rings. The second kappa shape index (κ2) is 7.11. The van der Waals surface area contributed by atoms with Crippen molar-refractivity contribution in [2.75, 3.05) is 20.2 Å². The average molecular weight is 336 g/mol. The average Bonchev–Trinajstić information content (AvgIpc) is 3.29. The Morgan fingerprint density at radius 2 is 2.17 bits per heavy atom. The molecular weight excluding hydrogens is 312 g/mol. The standard InChI is InChI=1S/C17H24N2O3S/c1-11-8-14(16(22-2)15(9-11)23-21)17(20)18-10-13-4-3-7-19(13)12-5-6-12/h8-9,12-13,16H,3-7,10H2,1-2H3,(H,18,20). The summed E-state index contributed by atoms with van der Waals surface area (Å²) in [5.41, 5.74) is 1.43. The Morgan fingerprint density at radius 1 is 1.39 bits per heavy atom. The van der Waals surface area contributed by atoms with Crippen molar-refractivity contribution in [3.63, 3.8) is 0 Å². The van der Waals surface area contributed by atoms with Crippen LogP contribution in [0.3, 0.4) is 0 Å². The number of likely N-dealkylation sites (tertiary alicyclic amines) is 1. The van der Waals surface area contributed by atoms with Crippen molar-refractivity contribution in [2.45, 2.75) is 50.8 Å². The van der Waals surface area contributed by atoms with Crippen molar-refractivity contribution in [2.24, 2.45) is 0 Å². The third-order valence-corrected chi connectivity index (χ3v) is 5.35. The Bertz CT molecular complexity index is 603. The minimum Gasteiger partial charge on any atom is -0.371 e. The normalized spacial score (nSPS) is 28.3. The third kappa shape index (κ3) is 3.65. The molecule has 2 atom stereocenters. The summed E-state index contributed by atoms with van der Waals surface area (Å²) in [7, 11) is 1.53. The fraction of sp³-hybridized carbons (Fsp3) is 0.647. The van der Waals surface area contributed by atoms with Crippen molar-refractivity contribution >= 4 is 22.0 Å². The molecule has 1 saturated heterocycles. The van der Waals surface area contributed by atoms with Crippen LogP contribution in [0.1, 0.15) is 32.6 Å². The van der Waals surface area contributed by atoms with Crippen molar-refractivity contribution < 1.29 is 13.7 Å². The topological polar surface area (TPSA) is 58.6 Å². The van der Waals surface area contributed by atoms with E-state index < -0.39 is 6.10 Å². The van der Waals surface area contributed by atoms with Gasteiger partial charge in [-0.1, -0.05) is 0 Å². The molecule has 2 aliphatic carbocycles. The van der Waals surface area contributed by atoms with E-state index in [0.717, 1.165) is 24.6 Å². The molecule has 1 aliphatic heterocycles. The summed E-state index contributed by atoms with van der Waals surface area (Å²) in [4.78, 5) is 15.7. The molecule has 0 bridgehead atoms. The summed E-state index contributed by atoms with van der Waals surface area (Å²) in [5.74, 6) is -0.126. The summed E-state index contributed by atoms with van der Waals surface area (Å²) in [5, 5.41) is 3.06. The number of carbonyl (C=O) groups excluding carboxylic acids is 1. The quantitative estimate of drug-likeness (QED) is 0.762. The highest BCUT2D eigenvalue weighted by molar-refractivity contribution is 7.67. The first-order chi connectivity index (χ1) is 11.1. The molecule has 23 heavy (non-hydrogen) atoms. The molecule has 0 radical (unpaired) electrons.